The molecule has 4 heteroatoms. The molecule has 0 heterocycles. The second kappa shape index (κ2) is 6.57. The smallest absolute Gasteiger partial charge is 0.229 e. The molecule has 0 fully saturated rings. The molecule has 0 aliphatic carbocycles. The lowest BCUT2D eigenvalue weighted by Gasteiger charge is -2.20. The van der Waals surface area contributed by atoms with Gasteiger partial charge in [-0.2, -0.15) is 0 Å². The molecule has 4 nitrogen and oxygen atoms in total. The molecule has 1 aromatic rings. The summed E-state index contributed by atoms with van der Waals surface area (Å²) in [6.07, 6.45) is 0. The van der Waals surface area contributed by atoms with Crippen LogP contribution in [0.25, 0.3) is 0 Å². The molecule has 0 bridgehead atoms. The van der Waals surface area contributed by atoms with Crippen LogP contribution in [-0.2, 0) is 4.79 Å². The third-order valence-electron chi connectivity index (χ3n) is 3.31. The number of ether oxygens (including phenoxy) is 1. The molecular weight excluding hydrogens is 240 g/mol. The summed E-state index contributed by atoms with van der Waals surface area (Å²) >= 11 is 0. The van der Waals surface area contributed by atoms with E-state index in [2.05, 4.69) is 5.32 Å². The molecule has 1 amide bonds. The number of nitrogens with two attached hydrogens (primary N) is 1. The van der Waals surface area contributed by atoms with E-state index >= 15 is 0 Å². The number of carbonyl (C=O) groups excluding carboxylic acids is 1. The molecule has 3 N–H and O–H groups in total. The lowest BCUT2D eigenvalue weighted by molar-refractivity contribution is -0.120. The number of anilines is 1. The van der Waals surface area contributed by atoms with Gasteiger partial charge in [-0.25, -0.2) is 0 Å². The van der Waals surface area contributed by atoms with Gasteiger partial charge in [0, 0.05) is 6.54 Å². The average Bonchev–Trinajstić information content (AvgIpc) is 2.32. The molecule has 1 aromatic carbocycles. The number of rotatable bonds is 5. The van der Waals surface area contributed by atoms with Gasteiger partial charge in [0.05, 0.1) is 18.7 Å². The number of methoxy groups -OCH3 is 1. The molecular formula is C15H24N2O2. The summed E-state index contributed by atoms with van der Waals surface area (Å²) in [7, 11) is 1.60. The summed E-state index contributed by atoms with van der Waals surface area (Å²) < 4.78 is 5.34. The maximum absolute atomic E-state index is 12.2. The Kier molecular flexibility index (Phi) is 5.36. The van der Waals surface area contributed by atoms with Crippen molar-refractivity contribution in [2.45, 2.75) is 27.7 Å². The van der Waals surface area contributed by atoms with Gasteiger partial charge in [0.1, 0.15) is 5.75 Å². The molecule has 0 radical (unpaired) electrons. The summed E-state index contributed by atoms with van der Waals surface area (Å²) in [4.78, 5) is 12.2. The van der Waals surface area contributed by atoms with Crippen molar-refractivity contribution in [2.75, 3.05) is 19.0 Å². The average molecular weight is 264 g/mol. The van der Waals surface area contributed by atoms with Crippen LogP contribution in [0.4, 0.5) is 5.69 Å². The van der Waals surface area contributed by atoms with Crippen LogP contribution >= 0.6 is 0 Å². The Morgan fingerprint density at radius 2 is 2.00 bits per heavy atom. The molecule has 0 aliphatic rings. The Balaban J connectivity index is 3.02. The quantitative estimate of drug-likeness (QED) is 0.858. The predicted octanol–water partition coefficient (Wildman–Crippen LogP) is 2.48. The normalized spacial score (nSPS) is 12.4. The first-order chi connectivity index (χ1) is 8.90. The van der Waals surface area contributed by atoms with Gasteiger partial charge >= 0.3 is 0 Å². The van der Waals surface area contributed by atoms with E-state index < -0.39 is 0 Å². The maximum atomic E-state index is 12.2. The van der Waals surface area contributed by atoms with Crippen molar-refractivity contribution in [3.63, 3.8) is 0 Å². The van der Waals surface area contributed by atoms with E-state index in [0.29, 0.717) is 12.3 Å². The van der Waals surface area contributed by atoms with Crippen LogP contribution in [0.5, 0.6) is 5.75 Å². The first kappa shape index (κ1) is 15.5. The van der Waals surface area contributed by atoms with Gasteiger partial charge in [0.25, 0.3) is 0 Å². The number of hydrogen-bond donors (Lipinski definition) is 2. The number of carbonyl (C=O) groups is 1. The van der Waals surface area contributed by atoms with E-state index in [4.69, 9.17) is 10.5 Å². The van der Waals surface area contributed by atoms with Crippen LogP contribution in [0.2, 0.25) is 0 Å². The molecule has 0 spiro atoms. The van der Waals surface area contributed by atoms with E-state index in [9.17, 15) is 4.79 Å². The minimum absolute atomic E-state index is 0.0530. The molecule has 0 saturated heterocycles. The monoisotopic (exact) mass is 264 g/mol. The van der Waals surface area contributed by atoms with Crippen LogP contribution in [-0.4, -0.2) is 19.6 Å². The van der Waals surface area contributed by atoms with Crippen LogP contribution in [0.3, 0.4) is 0 Å². The first-order valence-corrected chi connectivity index (χ1v) is 6.56. The van der Waals surface area contributed by atoms with Gasteiger partial charge in [-0.1, -0.05) is 19.9 Å². The van der Waals surface area contributed by atoms with Gasteiger partial charge in [0.2, 0.25) is 5.91 Å². The molecule has 1 rings (SSSR count). The lowest BCUT2D eigenvalue weighted by atomic mass is 9.95. The number of amides is 1. The Bertz CT molecular complexity index is 456. The van der Waals surface area contributed by atoms with Crippen molar-refractivity contribution in [3.05, 3.63) is 23.3 Å². The standard InChI is InChI=1S/C15H24N2O2/c1-9(2)12(8-16)15(18)17-14-11(4)6-10(3)7-13(14)19-5/h6-7,9,12H,8,16H2,1-5H3,(H,17,18). The van der Waals surface area contributed by atoms with Crippen LogP contribution in [0, 0.1) is 25.7 Å². The Morgan fingerprint density at radius 3 is 2.47 bits per heavy atom. The highest BCUT2D eigenvalue weighted by molar-refractivity contribution is 5.95. The van der Waals surface area contributed by atoms with Crippen molar-refractivity contribution < 1.29 is 9.53 Å². The van der Waals surface area contributed by atoms with E-state index in [1.54, 1.807) is 7.11 Å². The Labute approximate surface area is 115 Å². The summed E-state index contributed by atoms with van der Waals surface area (Å²) in [6, 6.07) is 3.93. The molecule has 106 valence electrons. The van der Waals surface area contributed by atoms with Crippen molar-refractivity contribution >= 4 is 11.6 Å². The van der Waals surface area contributed by atoms with Crippen LogP contribution in [0.1, 0.15) is 25.0 Å². The summed E-state index contributed by atoms with van der Waals surface area (Å²) in [6.45, 7) is 8.29. The van der Waals surface area contributed by atoms with Gasteiger partial charge in [-0.3, -0.25) is 4.79 Å². The fraction of sp³-hybridized carbons (Fsp3) is 0.533. The molecule has 19 heavy (non-hydrogen) atoms. The summed E-state index contributed by atoms with van der Waals surface area (Å²) in [5.41, 5.74) is 8.50. The van der Waals surface area contributed by atoms with Gasteiger partial charge < -0.3 is 15.8 Å². The zero-order valence-electron chi connectivity index (χ0n) is 12.4. The second-order valence-corrected chi connectivity index (χ2v) is 5.23. The van der Waals surface area contributed by atoms with Crippen molar-refractivity contribution in [1.82, 2.24) is 0 Å². The van der Waals surface area contributed by atoms with Crippen molar-refractivity contribution in [1.29, 1.82) is 0 Å². The van der Waals surface area contributed by atoms with E-state index in [0.717, 1.165) is 16.8 Å². The number of hydrogen-bond acceptors (Lipinski definition) is 3. The Morgan fingerprint density at radius 1 is 1.37 bits per heavy atom. The highest BCUT2D eigenvalue weighted by atomic mass is 16.5. The first-order valence-electron chi connectivity index (χ1n) is 6.56. The number of nitrogens with one attached hydrogen (secondary N) is 1. The predicted molar refractivity (Wildman–Crippen MR) is 78.5 cm³/mol. The maximum Gasteiger partial charge on any atom is 0.229 e. The molecule has 0 aliphatic heterocycles. The zero-order valence-corrected chi connectivity index (χ0v) is 12.4. The molecule has 0 saturated carbocycles. The summed E-state index contributed by atoms with van der Waals surface area (Å²) in [5, 5.41) is 2.95. The van der Waals surface area contributed by atoms with Gasteiger partial charge in [-0.05, 0) is 37.0 Å². The van der Waals surface area contributed by atoms with Gasteiger partial charge in [-0.15, -0.1) is 0 Å². The van der Waals surface area contributed by atoms with Crippen LogP contribution < -0.4 is 15.8 Å². The van der Waals surface area contributed by atoms with E-state index in [1.165, 1.54) is 0 Å². The SMILES string of the molecule is COc1cc(C)cc(C)c1NC(=O)C(CN)C(C)C. The second-order valence-electron chi connectivity index (χ2n) is 5.23. The molecule has 1 unspecified atom stereocenters. The molecule has 0 aromatic heterocycles. The lowest BCUT2D eigenvalue weighted by Crippen LogP contribution is -2.33. The third kappa shape index (κ3) is 3.70. The number of benzene rings is 1. The fourth-order valence-corrected chi connectivity index (χ4v) is 2.15. The van der Waals surface area contributed by atoms with Gasteiger partial charge in [0.15, 0.2) is 0 Å². The topological polar surface area (TPSA) is 64.3 Å². The zero-order chi connectivity index (χ0) is 14.6. The minimum atomic E-state index is -0.189. The number of aryl methyl sites for hydroxylation is 2. The highest BCUT2D eigenvalue weighted by Crippen LogP contribution is 2.30. The van der Waals surface area contributed by atoms with Crippen molar-refractivity contribution in [3.8, 4) is 5.75 Å². The Hall–Kier alpha value is -1.55. The molecule has 1 atom stereocenters. The van der Waals surface area contributed by atoms with Crippen molar-refractivity contribution in [2.24, 2.45) is 17.6 Å². The van der Waals surface area contributed by atoms with E-state index in [-0.39, 0.29) is 17.7 Å². The largest absolute Gasteiger partial charge is 0.495 e. The third-order valence-corrected chi connectivity index (χ3v) is 3.31. The minimum Gasteiger partial charge on any atom is -0.495 e. The highest BCUT2D eigenvalue weighted by Gasteiger charge is 2.22. The fourth-order valence-electron chi connectivity index (χ4n) is 2.15. The van der Waals surface area contributed by atoms with Crippen LogP contribution in [0.15, 0.2) is 12.1 Å². The summed E-state index contributed by atoms with van der Waals surface area (Å²) in [5.74, 6) is 0.653. The van der Waals surface area contributed by atoms with E-state index in [1.807, 2.05) is 39.8 Å².